The number of alkyl halides is 1. The summed E-state index contributed by atoms with van der Waals surface area (Å²) < 4.78 is 70.2. The zero-order chi connectivity index (χ0) is 18.2. The molecule has 1 fully saturated rings. The van der Waals surface area contributed by atoms with E-state index >= 15 is 0 Å². The zero-order valence-electron chi connectivity index (χ0n) is 13.7. The third-order valence-electron chi connectivity index (χ3n) is 4.59. The monoisotopic (exact) mass is 373 g/mol. The molecule has 3 rings (SSSR count). The molecule has 0 unspecified atom stereocenters. The normalized spacial score (nSPS) is 16.3. The van der Waals surface area contributed by atoms with E-state index in [-0.39, 0.29) is 22.8 Å². The number of nitrogens with zero attached hydrogens (tertiary/aromatic N) is 1. The molecule has 0 saturated heterocycles. The van der Waals surface area contributed by atoms with Crippen molar-refractivity contribution in [3.8, 4) is 11.1 Å². The SMILES string of the molecule is CS(=O)(=O)c1cc(F)c(-c2c(C3CCCCC3)noc2CF)cc1F. The second-order valence-electron chi connectivity index (χ2n) is 6.37. The van der Waals surface area contributed by atoms with Gasteiger partial charge in [0.05, 0.1) is 11.3 Å². The molecule has 1 aromatic heterocycles. The van der Waals surface area contributed by atoms with Crippen molar-refractivity contribution in [2.75, 3.05) is 6.26 Å². The largest absolute Gasteiger partial charge is 0.358 e. The molecule has 1 aromatic carbocycles. The summed E-state index contributed by atoms with van der Waals surface area (Å²) in [5.74, 6) is -2.22. The Balaban J connectivity index is 2.16. The molecule has 0 bridgehead atoms. The van der Waals surface area contributed by atoms with Gasteiger partial charge in [-0.15, -0.1) is 0 Å². The molecule has 0 radical (unpaired) electrons. The first kappa shape index (κ1) is 18.0. The molecule has 8 heteroatoms. The highest BCUT2D eigenvalue weighted by molar-refractivity contribution is 7.90. The molecule has 25 heavy (non-hydrogen) atoms. The van der Waals surface area contributed by atoms with Crippen molar-refractivity contribution < 1.29 is 26.1 Å². The highest BCUT2D eigenvalue weighted by atomic mass is 32.2. The van der Waals surface area contributed by atoms with Gasteiger partial charge >= 0.3 is 0 Å². The Labute approximate surface area is 143 Å². The molecule has 136 valence electrons. The fourth-order valence-corrected chi connectivity index (χ4v) is 4.11. The van der Waals surface area contributed by atoms with Gasteiger partial charge in [-0.3, -0.25) is 0 Å². The average Bonchev–Trinajstić information content (AvgIpc) is 3.00. The minimum atomic E-state index is -3.92. The lowest BCUT2D eigenvalue weighted by Gasteiger charge is -2.20. The lowest BCUT2D eigenvalue weighted by molar-refractivity contribution is 0.320. The first-order valence-corrected chi connectivity index (χ1v) is 9.96. The number of hydrogen-bond donors (Lipinski definition) is 0. The van der Waals surface area contributed by atoms with Gasteiger partial charge in [-0.05, 0) is 25.0 Å². The van der Waals surface area contributed by atoms with Crippen molar-refractivity contribution in [2.45, 2.75) is 49.6 Å². The van der Waals surface area contributed by atoms with Gasteiger partial charge in [-0.1, -0.05) is 24.4 Å². The topological polar surface area (TPSA) is 60.2 Å². The highest BCUT2D eigenvalue weighted by Crippen LogP contribution is 2.41. The second kappa shape index (κ2) is 6.82. The van der Waals surface area contributed by atoms with Crippen molar-refractivity contribution in [1.82, 2.24) is 5.16 Å². The van der Waals surface area contributed by atoms with Crippen LogP contribution in [0.3, 0.4) is 0 Å². The number of sulfone groups is 1. The predicted octanol–water partition coefficient (Wildman–Crippen LogP) is 4.54. The van der Waals surface area contributed by atoms with E-state index in [4.69, 9.17) is 4.52 Å². The number of rotatable bonds is 4. The summed E-state index contributed by atoms with van der Waals surface area (Å²) >= 11 is 0. The minimum Gasteiger partial charge on any atom is -0.358 e. The van der Waals surface area contributed by atoms with Crippen LogP contribution < -0.4 is 0 Å². The van der Waals surface area contributed by atoms with Crippen LogP contribution in [0.2, 0.25) is 0 Å². The van der Waals surface area contributed by atoms with Crippen molar-refractivity contribution in [3.05, 3.63) is 35.2 Å². The molecule has 1 aliphatic carbocycles. The zero-order valence-corrected chi connectivity index (χ0v) is 14.5. The summed E-state index contributed by atoms with van der Waals surface area (Å²) in [6.07, 6.45) is 5.47. The third-order valence-corrected chi connectivity index (χ3v) is 5.70. The molecule has 0 N–H and O–H groups in total. The Bertz CT molecular complexity index is 887. The van der Waals surface area contributed by atoms with E-state index < -0.39 is 33.0 Å². The van der Waals surface area contributed by atoms with Crippen LogP contribution in [0.25, 0.3) is 11.1 Å². The number of halogens is 3. The standard InChI is InChI=1S/C17H18F3NO3S/c1-25(22,23)15-8-12(19)11(7-13(15)20)16-14(9-18)24-21-17(16)10-5-3-2-4-6-10/h7-8,10H,2-6,9H2,1H3. The number of aromatic nitrogens is 1. The fraction of sp³-hybridized carbons (Fsp3) is 0.471. The van der Waals surface area contributed by atoms with E-state index in [1.54, 1.807) is 0 Å². The van der Waals surface area contributed by atoms with Crippen LogP contribution in [-0.4, -0.2) is 19.8 Å². The third kappa shape index (κ3) is 3.44. The fourth-order valence-electron chi connectivity index (χ4n) is 3.38. The van der Waals surface area contributed by atoms with Crippen LogP contribution in [0.1, 0.15) is 49.5 Å². The van der Waals surface area contributed by atoms with E-state index in [0.29, 0.717) is 11.8 Å². The quantitative estimate of drug-likeness (QED) is 0.789. The van der Waals surface area contributed by atoms with Crippen molar-refractivity contribution >= 4 is 9.84 Å². The Hall–Kier alpha value is -1.83. The van der Waals surface area contributed by atoms with Gasteiger partial charge in [-0.25, -0.2) is 21.6 Å². The maximum absolute atomic E-state index is 14.6. The lowest BCUT2D eigenvalue weighted by atomic mass is 9.84. The Morgan fingerprint density at radius 3 is 2.44 bits per heavy atom. The lowest BCUT2D eigenvalue weighted by Crippen LogP contribution is -2.07. The molecular weight excluding hydrogens is 355 g/mol. The maximum atomic E-state index is 14.6. The summed E-state index contributed by atoms with van der Waals surface area (Å²) in [5.41, 5.74) is 0.294. The Morgan fingerprint density at radius 2 is 1.84 bits per heavy atom. The van der Waals surface area contributed by atoms with Gasteiger partial charge in [0.1, 0.15) is 16.5 Å². The molecule has 1 heterocycles. The molecule has 0 aliphatic heterocycles. The average molecular weight is 373 g/mol. The van der Waals surface area contributed by atoms with Crippen molar-refractivity contribution in [1.29, 1.82) is 0 Å². The van der Waals surface area contributed by atoms with Gasteiger partial charge < -0.3 is 4.52 Å². The van der Waals surface area contributed by atoms with Crippen molar-refractivity contribution in [3.63, 3.8) is 0 Å². The molecule has 0 spiro atoms. The molecule has 1 saturated carbocycles. The smallest absolute Gasteiger partial charge is 0.178 e. The van der Waals surface area contributed by atoms with Crippen LogP contribution in [0.15, 0.2) is 21.6 Å². The van der Waals surface area contributed by atoms with Gasteiger partial charge in [-0.2, -0.15) is 0 Å². The van der Waals surface area contributed by atoms with Gasteiger partial charge in [0.2, 0.25) is 0 Å². The molecule has 4 nitrogen and oxygen atoms in total. The summed E-state index contributed by atoms with van der Waals surface area (Å²) in [4.78, 5) is -0.730. The highest BCUT2D eigenvalue weighted by Gasteiger charge is 2.29. The van der Waals surface area contributed by atoms with Crippen LogP contribution >= 0.6 is 0 Å². The van der Waals surface area contributed by atoms with E-state index in [9.17, 15) is 21.6 Å². The molecule has 0 atom stereocenters. The first-order chi connectivity index (χ1) is 11.8. The first-order valence-electron chi connectivity index (χ1n) is 8.06. The van der Waals surface area contributed by atoms with Gasteiger partial charge in [0.15, 0.2) is 22.3 Å². The van der Waals surface area contributed by atoms with Crippen LogP contribution in [0.4, 0.5) is 13.2 Å². The maximum Gasteiger partial charge on any atom is 0.178 e. The summed E-state index contributed by atoms with van der Waals surface area (Å²) in [6, 6.07) is 1.41. The van der Waals surface area contributed by atoms with Crippen LogP contribution in [-0.2, 0) is 16.5 Å². The van der Waals surface area contributed by atoms with Gasteiger partial charge in [0.25, 0.3) is 0 Å². The molecule has 0 amide bonds. The van der Waals surface area contributed by atoms with Crippen LogP contribution in [0, 0.1) is 11.6 Å². The van der Waals surface area contributed by atoms with Gasteiger partial charge in [0, 0.05) is 17.7 Å². The second-order valence-corrected chi connectivity index (χ2v) is 8.35. The summed E-state index contributed by atoms with van der Waals surface area (Å²) in [5, 5.41) is 3.91. The Kier molecular flexibility index (Phi) is 4.90. The minimum absolute atomic E-state index is 0.00940. The van der Waals surface area contributed by atoms with E-state index in [1.807, 2.05) is 0 Å². The van der Waals surface area contributed by atoms with Crippen molar-refractivity contribution in [2.24, 2.45) is 0 Å². The van der Waals surface area contributed by atoms with E-state index in [0.717, 1.165) is 44.4 Å². The molecule has 1 aliphatic rings. The van der Waals surface area contributed by atoms with Crippen LogP contribution in [0.5, 0.6) is 0 Å². The molecular formula is C17H18F3NO3S. The summed E-state index contributed by atoms with van der Waals surface area (Å²) in [6.45, 7) is -1.01. The Morgan fingerprint density at radius 1 is 1.16 bits per heavy atom. The predicted molar refractivity (Wildman–Crippen MR) is 85.6 cm³/mol. The summed E-state index contributed by atoms with van der Waals surface area (Å²) in [7, 11) is -3.92. The number of benzene rings is 1. The molecule has 2 aromatic rings. The van der Waals surface area contributed by atoms with E-state index in [2.05, 4.69) is 5.16 Å². The van der Waals surface area contributed by atoms with E-state index in [1.165, 1.54) is 0 Å². The number of hydrogen-bond acceptors (Lipinski definition) is 4.